The Morgan fingerprint density at radius 1 is 1.58 bits per heavy atom. The number of imidazole rings is 1. The lowest BCUT2D eigenvalue weighted by Crippen LogP contribution is -2.20. The number of fused-ring (bicyclic) bond motifs is 1. The Kier molecular flexibility index (Phi) is 3.70. The molecule has 3 heterocycles. The maximum absolute atomic E-state index is 11.6. The first-order chi connectivity index (χ1) is 9.07. The number of hydrogen-bond acceptors (Lipinski definition) is 4. The summed E-state index contributed by atoms with van der Waals surface area (Å²) in [6.07, 6.45) is 5.69. The number of rotatable bonds is 4. The van der Waals surface area contributed by atoms with Crippen LogP contribution in [0.3, 0.4) is 0 Å². The van der Waals surface area contributed by atoms with E-state index in [1.165, 1.54) is 0 Å². The number of thiazole rings is 1. The smallest absolute Gasteiger partial charge is 0.193 e. The summed E-state index contributed by atoms with van der Waals surface area (Å²) in [4.78, 5) is 5.58. The number of nitrogens with zero attached hydrogens (tertiary/aromatic N) is 2. The molecule has 0 amide bonds. The number of hydrogen-bond donors (Lipinski definition) is 0. The predicted molar refractivity (Wildman–Crippen MR) is 80.8 cm³/mol. The Labute approximate surface area is 124 Å². The van der Waals surface area contributed by atoms with Gasteiger partial charge in [0.15, 0.2) is 14.8 Å². The SMILES string of the molecule is O=S1(=O)CCC(C(CBr)Cc2cn3ccsc3n2)C1. The second kappa shape index (κ2) is 5.18. The van der Waals surface area contributed by atoms with E-state index in [0.717, 1.165) is 28.8 Å². The minimum Gasteiger partial charge on any atom is -0.297 e. The molecule has 2 aromatic rings. The highest BCUT2D eigenvalue weighted by atomic mass is 79.9. The fourth-order valence-corrected chi connectivity index (χ4v) is 6.08. The van der Waals surface area contributed by atoms with Gasteiger partial charge in [0, 0.05) is 23.1 Å². The van der Waals surface area contributed by atoms with E-state index in [4.69, 9.17) is 0 Å². The van der Waals surface area contributed by atoms with Crippen molar-refractivity contribution >= 4 is 42.1 Å². The van der Waals surface area contributed by atoms with Gasteiger partial charge in [0.2, 0.25) is 0 Å². The van der Waals surface area contributed by atoms with Crippen molar-refractivity contribution in [2.75, 3.05) is 16.8 Å². The van der Waals surface area contributed by atoms with Crippen LogP contribution in [0, 0.1) is 11.8 Å². The standard InChI is InChI=1S/C12H15BrN2O2S2/c13-6-10(9-1-4-19(16,17)8-9)5-11-7-15-2-3-18-12(15)14-11/h2-3,7,9-10H,1,4-6,8H2. The van der Waals surface area contributed by atoms with Gasteiger partial charge in [0.05, 0.1) is 17.2 Å². The zero-order valence-corrected chi connectivity index (χ0v) is 13.5. The molecule has 2 aromatic heterocycles. The first-order valence-corrected chi connectivity index (χ1v) is 10.1. The molecule has 1 aliphatic heterocycles. The van der Waals surface area contributed by atoms with E-state index in [9.17, 15) is 8.42 Å². The molecule has 1 saturated heterocycles. The van der Waals surface area contributed by atoms with Crippen LogP contribution in [0.2, 0.25) is 0 Å². The molecule has 2 atom stereocenters. The van der Waals surface area contributed by atoms with Crippen LogP contribution in [-0.4, -0.2) is 34.6 Å². The van der Waals surface area contributed by atoms with Crippen LogP contribution in [0.1, 0.15) is 12.1 Å². The number of halogens is 1. The van der Waals surface area contributed by atoms with E-state index in [2.05, 4.69) is 20.9 Å². The normalized spacial score (nSPS) is 23.9. The predicted octanol–water partition coefficient (Wildman–Crippen LogP) is 2.38. The van der Waals surface area contributed by atoms with Gasteiger partial charge in [-0.15, -0.1) is 11.3 Å². The first-order valence-electron chi connectivity index (χ1n) is 6.25. The molecular formula is C12H15BrN2O2S2. The zero-order valence-electron chi connectivity index (χ0n) is 10.3. The van der Waals surface area contributed by atoms with Crippen LogP contribution in [0.4, 0.5) is 0 Å². The molecule has 104 valence electrons. The third kappa shape index (κ3) is 2.87. The van der Waals surface area contributed by atoms with Crippen LogP contribution in [0.25, 0.3) is 4.96 Å². The van der Waals surface area contributed by atoms with Crippen LogP contribution >= 0.6 is 27.3 Å². The summed E-state index contributed by atoms with van der Waals surface area (Å²) in [7, 11) is -2.80. The van der Waals surface area contributed by atoms with Gasteiger partial charge >= 0.3 is 0 Å². The number of aromatic nitrogens is 2. The molecule has 19 heavy (non-hydrogen) atoms. The van der Waals surface area contributed by atoms with Crippen molar-refractivity contribution in [3.63, 3.8) is 0 Å². The summed E-state index contributed by atoms with van der Waals surface area (Å²) in [5.74, 6) is 1.30. The molecule has 0 radical (unpaired) electrons. The molecule has 7 heteroatoms. The third-order valence-corrected chi connectivity index (χ3v) is 7.14. The van der Waals surface area contributed by atoms with Crippen LogP contribution in [-0.2, 0) is 16.3 Å². The third-order valence-electron chi connectivity index (χ3n) is 3.75. The van der Waals surface area contributed by atoms with Crippen molar-refractivity contribution in [3.05, 3.63) is 23.5 Å². The number of sulfone groups is 1. The van der Waals surface area contributed by atoms with Crippen molar-refractivity contribution in [1.29, 1.82) is 0 Å². The molecule has 1 fully saturated rings. The molecule has 3 rings (SSSR count). The summed E-state index contributed by atoms with van der Waals surface area (Å²) in [6, 6.07) is 0. The van der Waals surface area contributed by atoms with Crippen LogP contribution in [0.15, 0.2) is 17.8 Å². The molecule has 0 aromatic carbocycles. The molecule has 0 N–H and O–H groups in total. The minimum atomic E-state index is -2.80. The van der Waals surface area contributed by atoms with Gasteiger partial charge in [0.25, 0.3) is 0 Å². The monoisotopic (exact) mass is 362 g/mol. The lowest BCUT2D eigenvalue weighted by atomic mass is 9.90. The summed E-state index contributed by atoms with van der Waals surface area (Å²) in [6.45, 7) is 0. The Hall–Kier alpha value is -0.400. The lowest BCUT2D eigenvalue weighted by molar-refractivity contribution is 0.399. The van der Waals surface area contributed by atoms with Gasteiger partial charge in [-0.2, -0.15) is 0 Å². The van der Waals surface area contributed by atoms with Gasteiger partial charge in [-0.05, 0) is 24.7 Å². The maximum atomic E-state index is 11.6. The second-order valence-electron chi connectivity index (χ2n) is 5.11. The highest BCUT2D eigenvalue weighted by Gasteiger charge is 2.33. The number of alkyl halides is 1. The van der Waals surface area contributed by atoms with E-state index >= 15 is 0 Å². The second-order valence-corrected chi connectivity index (χ2v) is 8.86. The summed E-state index contributed by atoms with van der Waals surface area (Å²) < 4.78 is 25.2. The van der Waals surface area contributed by atoms with Gasteiger partial charge in [-0.1, -0.05) is 15.9 Å². The molecule has 2 unspecified atom stereocenters. The average molecular weight is 363 g/mol. The molecule has 4 nitrogen and oxygen atoms in total. The highest BCUT2D eigenvalue weighted by Crippen LogP contribution is 2.30. The van der Waals surface area contributed by atoms with E-state index in [0.29, 0.717) is 17.4 Å². The fourth-order valence-electron chi connectivity index (χ4n) is 2.69. The Balaban J connectivity index is 1.75. The topological polar surface area (TPSA) is 51.4 Å². The summed E-state index contributed by atoms with van der Waals surface area (Å²) >= 11 is 5.15. The first kappa shape index (κ1) is 13.6. The van der Waals surface area contributed by atoms with E-state index in [1.54, 1.807) is 11.3 Å². The van der Waals surface area contributed by atoms with Crippen molar-refractivity contribution in [2.45, 2.75) is 12.8 Å². The highest BCUT2D eigenvalue weighted by molar-refractivity contribution is 9.09. The van der Waals surface area contributed by atoms with Gasteiger partial charge < -0.3 is 0 Å². The minimum absolute atomic E-state index is 0.268. The van der Waals surface area contributed by atoms with E-state index in [1.807, 2.05) is 22.2 Å². The van der Waals surface area contributed by atoms with Crippen molar-refractivity contribution < 1.29 is 8.42 Å². The quantitative estimate of drug-likeness (QED) is 0.784. The van der Waals surface area contributed by atoms with Gasteiger partial charge in [0.1, 0.15) is 0 Å². The van der Waals surface area contributed by atoms with Gasteiger partial charge in [-0.25, -0.2) is 13.4 Å². The fraction of sp³-hybridized carbons (Fsp3) is 0.583. The largest absolute Gasteiger partial charge is 0.297 e. The van der Waals surface area contributed by atoms with Crippen molar-refractivity contribution in [2.24, 2.45) is 11.8 Å². The Morgan fingerprint density at radius 3 is 3.05 bits per heavy atom. The summed E-state index contributed by atoms with van der Waals surface area (Å²) in [5, 5.41) is 2.84. The van der Waals surface area contributed by atoms with Gasteiger partial charge in [-0.3, -0.25) is 4.40 Å². The maximum Gasteiger partial charge on any atom is 0.193 e. The average Bonchev–Trinajstić information content (AvgIpc) is 2.99. The van der Waals surface area contributed by atoms with Crippen molar-refractivity contribution in [1.82, 2.24) is 9.38 Å². The Bertz CT molecular complexity index is 648. The summed E-state index contributed by atoms with van der Waals surface area (Å²) in [5.41, 5.74) is 1.06. The van der Waals surface area contributed by atoms with Crippen LogP contribution in [0.5, 0.6) is 0 Å². The van der Waals surface area contributed by atoms with E-state index in [-0.39, 0.29) is 5.92 Å². The molecular weight excluding hydrogens is 348 g/mol. The van der Waals surface area contributed by atoms with E-state index < -0.39 is 9.84 Å². The molecule has 0 bridgehead atoms. The zero-order chi connectivity index (χ0) is 13.5. The molecule has 0 spiro atoms. The molecule has 0 saturated carbocycles. The molecule has 0 aliphatic carbocycles. The Morgan fingerprint density at radius 2 is 2.42 bits per heavy atom. The lowest BCUT2D eigenvalue weighted by Gasteiger charge is -2.18. The molecule has 1 aliphatic rings. The van der Waals surface area contributed by atoms with Crippen LogP contribution < -0.4 is 0 Å². The van der Waals surface area contributed by atoms with Crippen molar-refractivity contribution in [3.8, 4) is 0 Å².